The minimum absolute atomic E-state index is 0.000145. The number of likely N-dealkylation sites (N-methyl/N-ethyl adjacent to an activating group) is 1. The first-order chi connectivity index (χ1) is 14.9. The summed E-state index contributed by atoms with van der Waals surface area (Å²) in [4.78, 5) is 40.3. The molecule has 3 aliphatic rings. The van der Waals surface area contributed by atoms with Crippen LogP contribution in [0.1, 0.15) is 30.9 Å². The van der Waals surface area contributed by atoms with Crippen molar-refractivity contribution >= 4 is 23.1 Å². The molecule has 1 saturated carbocycles. The van der Waals surface area contributed by atoms with E-state index in [9.17, 15) is 39.9 Å². The molecule has 1 aromatic rings. The minimum Gasteiger partial charge on any atom is -0.508 e. The largest absolute Gasteiger partial charge is 0.508 e. The highest BCUT2D eigenvalue weighted by Gasteiger charge is 2.68. The fraction of sp³-hybridized carbons (Fsp3) is 0.435. The molecule has 0 spiro atoms. The number of aromatic hydroxyl groups is 1. The van der Waals surface area contributed by atoms with Gasteiger partial charge in [0.15, 0.2) is 17.2 Å². The predicted octanol–water partition coefficient (Wildman–Crippen LogP) is 0.599. The zero-order valence-corrected chi connectivity index (χ0v) is 18.0. The van der Waals surface area contributed by atoms with Crippen molar-refractivity contribution in [2.45, 2.75) is 37.5 Å². The summed E-state index contributed by atoms with van der Waals surface area (Å²) in [6, 6.07) is 3.26. The van der Waals surface area contributed by atoms with Gasteiger partial charge < -0.3 is 25.5 Å². The number of benzene rings is 1. The lowest BCUT2D eigenvalue weighted by atomic mass is 9.54. The van der Waals surface area contributed by atoms with Crippen molar-refractivity contribution in [1.82, 2.24) is 4.90 Å². The highest BCUT2D eigenvalue weighted by Crippen LogP contribution is 2.55. The van der Waals surface area contributed by atoms with Crippen molar-refractivity contribution in [2.24, 2.45) is 11.8 Å². The summed E-state index contributed by atoms with van der Waals surface area (Å²) >= 11 is 0. The molecular formula is C23H25NO8. The highest BCUT2D eigenvalue weighted by molar-refractivity contribution is 6.25. The van der Waals surface area contributed by atoms with Gasteiger partial charge in [0.25, 0.3) is 0 Å². The number of ketones is 3. The molecule has 5 N–H and O–H groups in total. The van der Waals surface area contributed by atoms with Crippen molar-refractivity contribution in [1.29, 1.82) is 0 Å². The summed E-state index contributed by atoms with van der Waals surface area (Å²) in [5.41, 5.74) is -3.40. The number of phenols is 1. The molecule has 170 valence electrons. The lowest BCUT2D eigenvalue weighted by Gasteiger charge is -2.53. The van der Waals surface area contributed by atoms with Crippen LogP contribution in [0.4, 0.5) is 0 Å². The van der Waals surface area contributed by atoms with E-state index in [1.165, 1.54) is 25.1 Å². The van der Waals surface area contributed by atoms with Crippen LogP contribution < -0.4 is 0 Å². The molecule has 9 heteroatoms. The number of aliphatic hydroxyl groups excluding tert-OH is 3. The van der Waals surface area contributed by atoms with Gasteiger partial charge in [-0.25, -0.2) is 0 Å². The summed E-state index contributed by atoms with van der Waals surface area (Å²) in [6.07, 6.45) is -1.55. The van der Waals surface area contributed by atoms with Gasteiger partial charge in [-0.05, 0) is 38.6 Å². The Morgan fingerprint density at radius 3 is 2.31 bits per heavy atom. The number of aliphatic hydroxyl groups is 4. The molecule has 0 radical (unpaired) electrons. The Balaban J connectivity index is 2.07. The zero-order valence-electron chi connectivity index (χ0n) is 18.0. The number of hydrogen-bond acceptors (Lipinski definition) is 9. The van der Waals surface area contributed by atoms with Gasteiger partial charge in [0.2, 0.25) is 5.78 Å². The highest BCUT2D eigenvalue weighted by atomic mass is 16.4. The Labute approximate surface area is 183 Å². The number of hydrogen-bond donors (Lipinski definition) is 5. The maximum absolute atomic E-state index is 13.7. The fourth-order valence-corrected chi connectivity index (χ4v) is 5.68. The number of Topliss-reactive ketones (excluding diaryl/α,β-unsaturated/α-hetero) is 3. The third-order valence-electron chi connectivity index (χ3n) is 7.10. The van der Waals surface area contributed by atoms with Crippen LogP contribution in [-0.2, 0) is 14.4 Å². The smallest absolute Gasteiger partial charge is 0.202 e. The van der Waals surface area contributed by atoms with E-state index >= 15 is 0 Å². The Morgan fingerprint density at radius 2 is 1.75 bits per heavy atom. The minimum atomic E-state index is -2.81. The summed E-state index contributed by atoms with van der Waals surface area (Å²) < 4.78 is 0. The quantitative estimate of drug-likeness (QED) is 0.413. The molecule has 1 fully saturated rings. The average Bonchev–Trinajstić information content (AvgIpc) is 2.70. The summed E-state index contributed by atoms with van der Waals surface area (Å²) in [5, 5.41) is 55.1. The number of carbonyl (C=O) groups is 3. The Kier molecular flexibility index (Phi) is 4.85. The van der Waals surface area contributed by atoms with Gasteiger partial charge in [0.05, 0.1) is 23.6 Å². The second-order valence-electron chi connectivity index (χ2n) is 8.98. The van der Waals surface area contributed by atoms with E-state index in [2.05, 4.69) is 0 Å². The number of fused-ring (bicyclic) bond motifs is 3. The number of rotatable bonds is 2. The van der Waals surface area contributed by atoms with Crippen molar-refractivity contribution in [3.63, 3.8) is 0 Å². The van der Waals surface area contributed by atoms with Crippen molar-refractivity contribution < 1.29 is 39.9 Å². The van der Waals surface area contributed by atoms with E-state index in [1.807, 2.05) is 0 Å². The van der Waals surface area contributed by atoms with Crippen LogP contribution in [0.2, 0.25) is 0 Å². The van der Waals surface area contributed by atoms with Crippen molar-refractivity contribution in [3.8, 4) is 5.75 Å². The fourth-order valence-electron chi connectivity index (χ4n) is 5.68. The van der Waals surface area contributed by atoms with Crippen LogP contribution in [0, 0.1) is 11.8 Å². The number of nitrogens with zero attached hydrogens (tertiary/aromatic N) is 1. The molecule has 0 saturated heterocycles. The van der Waals surface area contributed by atoms with Gasteiger partial charge in [-0.2, -0.15) is 0 Å². The van der Waals surface area contributed by atoms with Crippen LogP contribution in [0.15, 0.2) is 35.1 Å². The van der Waals surface area contributed by atoms with E-state index < -0.39 is 69.9 Å². The van der Waals surface area contributed by atoms with Gasteiger partial charge in [-0.1, -0.05) is 19.1 Å². The number of carbonyl (C=O) groups excluding carboxylic acids is 3. The second-order valence-corrected chi connectivity index (χ2v) is 8.98. The van der Waals surface area contributed by atoms with Crippen LogP contribution in [0.25, 0.3) is 5.76 Å². The van der Waals surface area contributed by atoms with Crippen molar-refractivity contribution in [2.75, 3.05) is 14.1 Å². The van der Waals surface area contributed by atoms with E-state index in [4.69, 9.17) is 0 Å². The molecule has 0 heterocycles. The van der Waals surface area contributed by atoms with E-state index in [-0.39, 0.29) is 16.9 Å². The molecule has 0 aromatic heterocycles. The monoisotopic (exact) mass is 443 g/mol. The van der Waals surface area contributed by atoms with Gasteiger partial charge in [-0.15, -0.1) is 0 Å². The molecule has 1 aromatic carbocycles. The van der Waals surface area contributed by atoms with Crippen LogP contribution >= 0.6 is 0 Å². The second kappa shape index (κ2) is 6.99. The molecule has 4 rings (SSSR count). The molecule has 3 aliphatic carbocycles. The first-order valence-corrected chi connectivity index (χ1v) is 10.2. The summed E-state index contributed by atoms with van der Waals surface area (Å²) in [6.45, 7) is 2.72. The van der Waals surface area contributed by atoms with E-state index in [1.54, 1.807) is 19.1 Å². The third kappa shape index (κ3) is 2.52. The maximum atomic E-state index is 13.7. The third-order valence-corrected chi connectivity index (χ3v) is 7.10. The molecular weight excluding hydrogens is 418 g/mol. The van der Waals surface area contributed by atoms with Gasteiger partial charge in [-0.3, -0.25) is 19.3 Å². The van der Waals surface area contributed by atoms with Crippen LogP contribution in [0.3, 0.4) is 0 Å². The van der Waals surface area contributed by atoms with Gasteiger partial charge in [0, 0.05) is 11.5 Å². The Morgan fingerprint density at radius 1 is 1.12 bits per heavy atom. The van der Waals surface area contributed by atoms with Gasteiger partial charge >= 0.3 is 0 Å². The molecule has 0 amide bonds. The first-order valence-electron chi connectivity index (χ1n) is 10.2. The topological polar surface area (TPSA) is 156 Å². The average molecular weight is 443 g/mol. The molecule has 0 unspecified atom stereocenters. The Bertz CT molecular complexity index is 1130. The lowest BCUT2D eigenvalue weighted by molar-refractivity contribution is -0.169. The maximum Gasteiger partial charge on any atom is 0.202 e. The van der Waals surface area contributed by atoms with Crippen LogP contribution in [-0.4, -0.2) is 79.6 Å². The lowest BCUT2D eigenvalue weighted by Crippen LogP contribution is -2.70. The summed E-state index contributed by atoms with van der Waals surface area (Å²) in [7, 11) is 3.00. The SMILES string of the molecule is CC(=O)C1=C(O)[C@@]2(O)C(=O)C3=C(O)c4c(O)cccc4[C@H](C)[C@H]3[C@H](O)[C@H]2[C@H](N(C)C)C1=O. The van der Waals surface area contributed by atoms with Crippen LogP contribution in [0.5, 0.6) is 5.75 Å². The zero-order chi connectivity index (χ0) is 23.9. The van der Waals surface area contributed by atoms with E-state index in [0.717, 1.165) is 6.92 Å². The van der Waals surface area contributed by atoms with Gasteiger partial charge in [0.1, 0.15) is 22.8 Å². The Hall–Kier alpha value is -3.01. The van der Waals surface area contributed by atoms with E-state index in [0.29, 0.717) is 5.56 Å². The first kappa shape index (κ1) is 22.2. The molecule has 32 heavy (non-hydrogen) atoms. The molecule has 0 aliphatic heterocycles. The molecule has 0 bridgehead atoms. The normalized spacial score (nSPS) is 34.4. The number of phenolic OH excluding ortho intramolecular Hbond substituents is 1. The molecule has 9 nitrogen and oxygen atoms in total. The van der Waals surface area contributed by atoms with Crippen molar-refractivity contribution in [3.05, 3.63) is 46.2 Å². The standard InChI is InChI=1S/C23H25NO8/c1-8-10-6-5-7-11(26)14(10)18(27)15-12(8)19(28)16-17(24(3)4)20(29)13(9(2)25)21(30)23(16,32)22(15)31/h5-8,12,16-17,19,26-28,30,32H,1-4H3/t8-,12+,16+,17-,19-,23+/m0/s1. The molecule has 6 atom stereocenters. The predicted molar refractivity (Wildman–Crippen MR) is 112 cm³/mol. The summed E-state index contributed by atoms with van der Waals surface area (Å²) in [5.74, 6) is -7.90.